The fourth-order valence-electron chi connectivity index (χ4n) is 5.43. The SMILES string of the molecule is CC(C)(C)c1cc(CC(=O)Cc2ccc(-c3cn4c(n3)sc3nc(OCC5(CCc6ccccn6)CC5)ccc34)cc2)no1. The van der Waals surface area contributed by atoms with Crippen LogP contribution in [0.2, 0.25) is 0 Å². The van der Waals surface area contributed by atoms with Crippen LogP contribution in [0.5, 0.6) is 5.88 Å². The van der Waals surface area contributed by atoms with E-state index in [0.29, 0.717) is 24.6 Å². The molecule has 0 saturated heterocycles. The lowest BCUT2D eigenvalue weighted by Gasteiger charge is -2.15. The zero-order valence-corrected chi connectivity index (χ0v) is 26.1. The number of Topliss-reactive ketones (excluding diaryl/α,β-unsaturated/α-hetero) is 1. The van der Waals surface area contributed by atoms with E-state index >= 15 is 0 Å². The maximum absolute atomic E-state index is 12.7. The quantitative estimate of drug-likeness (QED) is 0.151. The normalized spacial score (nSPS) is 14.3. The number of fused-ring (bicyclic) bond motifs is 3. The van der Waals surface area contributed by atoms with Gasteiger partial charge in [-0.25, -0.2) is 9.97 Å². The first kappa shape index (κ1) is 28.4. The Labute approximate surface area is 260 Å². The van der Waals surface area contributed by atoms with Crippen LogP contribution in [0.3, 0.4) is 0 Å². The minimum absolute atomic E-state index is 0.105. The molecule has 44 heavy (non-hydrogen) atoms. The fourth-order valence-corrected chi connectivity index (χ4v) is 6.40. The number of aromatic nitrogens is 5. The summed E-state index contributed by atoms with van der Waals surface area (Å²) in [6.45, 7) is 6.87. The van der Waals surface area contributed by atoms with Crippen molar-refractivity contribution in [2.45, 2.75) is 64.7 Å². The van der Waals surface area contributed by atoms with Crippen molar-refractivity contribution in [3.05, 3.63) is 95.8 Å². The number of ketones is 1. The number of carbonyl (C=O) groups excluding carboxylic acids is 1. The minimum Gasteiger partial charge on any atom is -0.477 e. The van der Waals surface area contributed by atoms with E-state index in [9.17, 15) is 4.79 Å². The summed E-state index contributed by atoms with van der Waals surface area (Å²) in [5, 5.41) is 4.08. The Hall–Kier alpha value is -4.37. The highest BCUT2D eigenvalue weighted by atomic mass is 32.1. The second kappa shape index (κ2) is 11.3. The zero-order valence-electron chi connectivity index (χ0n) is 25.2. The van der Waals surface area contributed by atoms with Crippen LogP contribution in [-0.4, -0.2) is 36.9 Å². The van der Waals surface area contributed by atoms with E-state index < -0.39 is 0 Å². The molecule has 0 aliphatic heterocycles. The van der Waals surface area contributed by atoms with Crippen molar-refractivity contribution < 1.29 is 14.1 Å². The highest BCUT2D eigenvalue weighted by Crippen LogP contribution is 2.49. The Morgan fingerprint density at radius 2 is 1.86 bits per heavy atom. The molecule has 0 bridgehead atoms. The number of hydrogen-bond acceptors (Lipinski definition) is 8. The van der Waals surface area contributed by atoms with Crippen LogP contribution in [0.1, 0.15) is 62.7 Å². The number of pyridine rings is 2. The van der Waals surface area contributed by atoms with Crippen molar-refractivity contribution in [2.24, 2.45) is 5.41 Å². The molecule has 7 rings (SSSR count). The van der Waals surface area contributed by atoms with Crippen molar-refractivity contribution in [3.63, 3.8) is 0 Å². The van der Waals surface area contributed by atoms with Crippen molar-refractivity contribution in [1.29, 1.82) is 0 Å². The molecule has 1 saturated carbocycles. The Kier molecular flexibility index (Phi) is 7.28. The van der Waals surface area contributed by atoms with Gasteiger partial charge in [0.2, 0.25) is 5.88 Å². The van der Waals surface area contributed by atoms with Crippen LogP contribution in [0.15, 0.2) is 77.6 Å². The average Bonchev–Trinajstić information content (AvgIpc) is 3.28. The van der Waals surface area contributed by atoms with Gasteiger partial charge in [-0.3, -0.25) is 14.2 Å². The third-order valence-electron chi connectivity index (χ3n) is 8.38. The molecule has 5 aromatic heterocycles. The molecular formula is C35H35N5O3S. The number of imidazole rings is 1. The zero-order chi connectivity index (χ0) is 30.3. The predicted molar refractivity (Wildman–Crippen MR) is 171 cm³/mol. The summed E-state index contributed by atoms with van der Waals surface area (Å²) in [4.78, 5) is 28.6. The molecule has 1 aliphatic rings. The molecular weight excluding hydrogens is 570 g/mol. The topological polar surface area (TPSA) is 95.4 Å². The molecule has 1 aliphatic carbocycles. The second-order valence-electron chi connectivity index (χ2n) is 13.0. The molecule has 0 N–H and O–H groups in total. The molecule has 8 nitrogen and oxygen atoms in total. The van der Waals surface area contributed by atoms with E-state index in [0.717, 1.165) is 56.4 Å². The maximum atomic E-state index is 12.7. The number of benzene rings is 1. The summed E-state index contributed by atoms with van der Waals surface area (Å²) in [6.07, 6.45) is 8.96. The molecule has 224 valence electrons. The van der Waals surface area contributed by atoms with Gasteiger partial charge < -0.3 is 9.26 Å². The lowest BCUT2D eigenvalue weighted by Crippen LogP contribution is -2.15. The van der Waals surface area contributed by atoms with E-state index in [2.05, 4.69) is 47.4 Å². The molecule has 0 unspecified atom stereocenters. The Balaban J connectivity index is 0.974. The maximum Gasteiger partial charge on any atom is 0.214 e. The number of thiazole rings is 1. The first-order valence-corrected chi connectivity index (χ1v) is 15.9. The number of carbonyl (C=O) groups is 1. The van der Waals surface area contributed by atoms with E-state index in [-0.39, 0.29) is 23.0 Å². The van der Waals surface area contributed by atoms with E-state index in [1.807, 2.05) is 60.9 Å². The smallest absolute Gasteiger partial charge is 0.214 e. The van der Waals surface area contributed by atoms with Crippen LogP contribution in [0.4, 0.5) is 0 Å². The highest BCUT2D eigenvalue weighted by Gasteiger charge is 2.43. The van der Waals surface area contributed by atoms with Crippen LogP contribution in [0, 0.1) is 5.41 Å². The standard InChI is InChI=1S/C35H35N5O3S/c1-34(2,3)30-20-26(39-43-30)19-27(41)18-23-7-9-24(10-8-23)28-21-40-29-11-12-31(38-32(29)44-33(40)37-28)42-22-35(15-16-35)14-13-25-6-4-5-17-36-25/h4-12,17,20-21H,13-16,18-19,22H2,1-3H3. The van der Waals surface area contributed by atoms with Crippen LogP contribution < -0.4 is 4.74 Å². The van der Waals surface area contributed by atoms with Gasteiger partial charge in [0.25, 0.3) is 0 Å². The van der Waals surface area contributed by atoms with Gasteiger partial charge in [0.1, 0.15) is 16.4 Å². The van der Waals surface area contributed by atoms with Gasteiger partial charge >= 0.3 is 0 Å². The highest BCUT2D eigenvalue weighted by molar-refractivity contribution is 7.23. The van der Waals surface area contributed by atoms with E-state index in [1.54, 1.807) is 11.3 Å². The third-order valence-corrected chi connectivity index (χ3v) is 9.35. The first-order chi connectivity index (χ1) is 21.2. The van der Waals surface area contributed by atoms with Crippen molar-refractivity contribution in [2.75, 3.05) is 6.61 Å². The monoisotopic (exact) mass is 605 g/mol. The number of aryl methyl sites for hydroxylation is 1. The molecule has 5 heterocycles. The van der Waals surface area contributed by atoms with Gasteiger partial charge in [-0.1, -0.05) is 67.6 Å². The first-order valence-electron chi connectivity index (χ1n) is 15.1. The molecule has 0 radical (unpaired) electrons. The number of rotatable bonds is 11. The van der Waals surface area contributed by atoms with Gasteiger partial charge in [-0.2, -0.15) is 0 Å². The van der Waals surface area contributed by atoms with Gasteiger partial charge in [-0.15, -0.1) is 0 Å². The third kappa shape index (κ3) is 6.15. The van der Waals surface area contributed by atoms with Crippen LogP contribution in [-0.2, 0) is 29.5 Å². The van der Waals surface area contributed by atoms with Gasteiger partial charge in [0, 0.05) is 53.0 Å². The molecule has 1 aromatic carbocycles. The molecule has 1 fully saturated rings. The molecule has 0 spiro atoms. The fraction of sp³-hybridized carbons (Fsp3) is 0.343. The summed E-state index contributed by atoms with van der Waals surface area (Å²) in [5.74, 6) is 1.56. The summed E-state index contributed by atoms with van der Waals surface area (Å²) >= 11 is 1.56. The number of nitrogens with zero attached hydrogens (tertiary/aromatic N) is 5. The largest absolute Gasteiger partial charge is 0.477 e. The number of hydrogen-bond donors (Lipinski definition) is 0. The summed E-state index contributed by atoms with van der Waals surface area (Å²) in [7, 11) is 0. The predicted octanol–water partition coefficient (Wildman–Crippen LogP) is 7.44. The van der Waals surface area contributed by atoms with Gasteiger partial charge in [-0.05, 0) is 49.4 Å². The Morgan fingerprint density at radius 1 is 1.02 bits per heavy atom. The van der Waals surface area contributed by atoms with Crippen LogP contribution in [0.25, 0.3) is 26.6 Å². The van der Waals surface area contributed by atoms with E-state index in [1.165, 1.54) is 12.8 Å². The van der Waals surface area contributed by atoms with E-state index in [4.69, 9.17) is 19.2 Å². The summed E-state index contributed by atoms with van der Waals surface area (Å²) in [5.41, 5.74) is 5.79. The second-order valence-corrected chi connectivity index (χ2v) is 13.9. The van der Waals surface area contributed by atoms with Crippen molar-refractivity contribution in [1.82, 2.24) is 24.5 Å². The minimum atomic E-state index is -0.132. The lowest BCUT2D eigenvalue weighted by molar-refractivity contribution is -0.117. The lowest BCUT2D eigenvalue weighted by atomic mass is 9.93. The summed E-state index contributed by atoms with van der Waals surface area (Å²) < 4.78 is 13.7. The molecule has 9 heteroatoms. The van der Waals surface area contributed by atoms with Crippen molar-refractivity contribution >= 4 is 32.4 Å². The molecule has 0 atom stereocenters. The Bertz CT molecular complexity index is 1930. The molecule has 0 amide bonds. The Morgan fingerprint density at radius 3 is 2.59 bits per heavy atom. The average molecular weight is 606 g/mol. The number of ether oxygens (including phenoxy) is 1. The van der Waals surface area contributed by atoms with Gasteiger partial charge in [0.15, 0.2) is 4.96 Å². The molecule has 6 aromatic rings. The van der Waals surface area contributed by atoms with Crippen molar-refractivity contribution in [3.8, 4) is 17.1 Å². The summed E-state index contributed by atoms with van der Waals surface area (Å²) in [6, 6.07) is 20.0. The van der Waals surface area contributed by atoms with Gasteiger partial charge in [0.05, 0.1) is 29.9 Å². The van der Waals surface area contributed by atoms with Crippen LogP contribution >= 0.6 is 11.3 Å².